The second kappa shape index (κ2) is 12.0. The molecular formula is C24H24ClF4N5O4S. The molecule has 3 N–H and O–H groups in total. The van der Waals surface area contributed by atoms with Gasteiger partial charge in [-0.15, -0.1) is 0 Å². The Morgan fingerprint density at radius 2 is 1.82 bits per heavy atom. The van der Waals surface area contributed by atoms with Gasteiger partial charge in [-0.1, -0.05) is 17.7 Å². The van der Waals surface area contributed by atoms with Gasteiger partial charge >= 0.3 is 12.1 Å². The number of nitrogens with zero attached hydrogens (tertiary/aromatic N) is 2. The lowest BCUT2D eigenvalue weighted by Gasteiger charge is -2.16. The fourth-order valence-corrected chi connectivity index (χ4v) is 4.63. The van der Waals surface area contributed by atoms with E-state index in [4.69, 9.17) is 16.3 Å². The van der Waals surface area contributed by atoms with Gasteiger partial charge in [-0.2, -0.15) is 18.2 Å². The van der Waals surface area contributed by atoms with Crippen molar-refractivity contribution in [3.63, 3.8) is 0 Å². The molecule has 1 amide bonds. The molecule has 210 valence electrons. The lowest BCUT2D eigenvalue weighted by atomic mass is 10.1. The maximum absolute atomic E-state index is 13.9. The second-order valence-electron chi connectivity index (χ2n) is 8.41. The normalized spacial score (nSPS) is 11.8. The van der Waals surface area contributed by atoms with Crippen LogP contribution in [0.25, 0.3) is 0 Å². The number of alkyl halides is 3. The molecule has 15 heteroatoms. The number of sulfone groups is 1. The number of carbonyl (C=O) groups excluding carboxylic acids is 1. The predicted molar refractivity (Wildman–Crippen MR) is 138 cm³/mol. The molecule has 0 saturated carbocycles. The summed E-state index contributed by atoms with van der Waals surface area (Å²) < 4.78 is 82.0. The molecule has 0 radical (unpaired) electrons. The van der Waals surface area contributed by atoms with Gasteiger partial charge in [-0.3, -0.25) is 4.79 Å². The molecule has 0 saturated heterocycles. The quantitative estimate of drug-likeness (QED) is 0.277. The molecule has 0 aliphatic rings. The van der Waals surface area contributed by atoms with E-state index in [1.165, 1.54) is 33.2 Å². The van der Waals surface area contributed by atoms with E-state index < -0.39 is 33.0 Å². The van der Waals surface area contributed by atoms with Crippen molar-refractivity contribution >= 4 is 50.5 Å². The van der Waals surface area contributed by atoms with Gasteiger partial charge in [0.1, 0.15) is 16.6 Å². The Kier molecular flexibility index (Phi) is 9.22. The highest BCUT2D eigenvalue weighted by molar-refractivity contribution is 7.92. The summed E-state index contributed by atoms with van der Waals surface area (Å²) >= 11 is 6.23. The Hall–Kier alpha value is -3.65. The molecule has 2 aromatic carbocycles. The smallest absolute Gasteiger partial charge is 0.471 e. The zero-order valence-electron chi connectivity index (χ0n) is 20.9. The highest BCUT2D eigenvalue weighted by atomic mass is 35.5. The molecule has 0 aliphatic carbocycles. The number of ether oxygens (including phenoxy) is 1. The van der Waals surface area contributed by atoms with Crippen LogP contribution in [0.4, 0.5) is 40.7 Å². The lowest BCUT2D eigenvalue weighted by molar-refractivity contribution is -0.173. The van der Waals surface area contributed by atoms with Crippen LogP contribution in [0.15, 0.2) is 47.5 Å². The molecule has 39 heavy (non-hydrogen) atoms. The molecule has 1 heterocycles. The fraction of sp³-hybridized carbons (Fsp3) is 0.292. The minimum Gasteiger partial charge on any atom is -0.495 e. The minimum atomic E-state index is -4.97. The number of hydrogen-bond donors (Lipinski definition) is 3. The van der Waals surface area contributed by atoms with E-state index in [0.717, 1.165) is 12.1 Å². The summed E-state index contributed by atoms with van der Waals surface area (Å²) in [5.41, 5.74) is 0.982. The van der Waals surface area contributed by atoms with Crippen molar-refractivity contribution in [3.05, 3.63) is 59.0 Å². The van der Waals surface area contributed by atoms with Crippen molar-refractivity contribution in [1.82, 2.24) is 15.3 Å². The first-order chi connectivity index (χ1) is 18.2. The van der Waals surface area contributed by atoms with Crippen molar-refractivity contribution in [1.29, 1.82) is 0 Å². The van der Waals surface area contributed by atoms with Crippen molar-refractivity contribution in [3.8, 4) is 5.75 Å². The number of nitrogens with one attached hydrogen (secondary N) is 3. The van der Waals surface area contributed by atoms with E-state index in [2.05, 4.69) is 20.6 Å². The van der Waals surface area contributed by atoms with Crippen molar-refractivity contribution in [2.45, 2.75) is 36.6 Å². The van der Waals surface area contributed by atoms with E-state index in [9.17, 15) is 30.8 Å². The summed E-state index contributed by atoms with van der Waals surface area (Å²) in [4.78, 5) is 19.1. The highest BCUT2D eigenvalue weighted by Gasteiger charge is 2.38. The third kappa shape index (κ3) is 7.47. The molecule has 0 atom stereocenters. The van der Waals surface area contributed by atoms with Crippen LogP contribution in [0, 0.1) is 5.82 Å². The number of methoxy groups -OCH3 is 1. The largest absolute Gasteiger partial charge is 0.495 e. The predicted octanol–water partition coefficient (Wildman–Crippen LogP) is 5.17. The van der Waals surface area contributed by atoms with Gasteiger partial charge in [0.05, 0.1) is 34.8 Å². The van der Waals surface area contributed by atoms with Crippen LogP contribution in [0.1, 0.15) is 19.4 Å². The SMILES string of the molecule is COc1ccc(CCNC(=O)C(F)(F)F)cc1Nc1ncc(Cl)c(Nc2ccc(F)cc2S(=O)(=O)C(C)C)n1. The average molecular weight is 590 g/mol. The van der Waals surface area contributed by atoms with Crippen LogP contribution in [0.5, 0.6) is 5.75 Å². The molecule has 0 aliphatic heterocycles. The molecule has 3 aromatic rings. The Bertz CT molecular complexity index is 1470. The number of amides is 1. The Morgan fingerprint density at radius 3 is 2.46 bits per heavy atom. The average Bonchev–Trinajstić information content (AvgIpc) is 2.86. The first kappa shape index (κ1) is 29.9. The molecule has 9 nitrogen and oxygen atoms in total. The number of anilines is 4. The third-order valence-corrected chi connectivity index (χ3v) is 7.80. The highest BCUT2D eigenvalue weighted by Crippen LogP contribution is 2.33. The van der Waals surface area contributed by atoms with Crippen LogP contribution in [-0.2, 0) is 21.1 Å². The fourth-order valence-electron chi connectivity index (χ4n) is 3.28. The number of halogens is 5. The van der Waals surface area contributed by atoms with Gasteiger partial charge in [0, 0.05) is 6.54 Å². The second-order valence-corrected chi connectivity index (χ2v) is 11.3. The molecular weight excluding hydrogens is 566 g/mol. The van der Waals surface area contributed by atoms with Crippen LogP contribution >= 0.6 is 11.6 Å². The van der Waals surface area contributed by atoms with E-state index in [1.807, 2.05) is 0 Å². The number of carbonyl (C=O) groups is 1. The summed E-state index contributed by atoms with van der Waals surface area (Å²) in [7, 11) is -2.46. The lowest BCUT2D eigenvalue weighted by Crippen LogP contribution is -2.37. The number of rotatable bonds is 10. The van der Waals surface area contributed by atoms with Crippen molar-refractivity contribution in [2.75, 3.05) is 24.3 Å². The number of hydrogen-bond acceptors (Lipinski definition) is 8. The Labute approximate surface area is 226 Å². The summed E-state index contributed by atoms with van der Waals surface area (Å²) in [6.07, 6.45) is -3.63. The number of aromatic nitrogens is 2. The molecule has 1 aromatic heterocycles. The Balaban J connectivity index is 1.86. The zero-order valence-corrected chi connectivity index (χ0v) is 22.4. The van der Waals surface area contributed by atoms with Gasteiger partial charge in [0.15, 0.2) is 15.7 Å². The van der Waals surface area contributed by atoms with Crippen molar-refractivity contribution < 1.29 is 35.5 Å². The van der Waals surface area contributed by atoms with Crippen LogP contribution < -0.4 is 20.7 Å². The first-order valence-corrected chi connectivity index (χ1v) is 13.3. The number of benzene rings is 2. The van der Waals surface area contributed by atoms with E-state index in [0.29, 0.717) is 17.0 Å². The minimum absolute atomic E-state index is 0.0121. The molecule has 0 spiro atoms. The van der Waals surface area contributed by atoms with E-state index in [1.54, 1.807) is 23.5 Å². The monoisotopic (exact) mass is 589 g/mol. The summed E-state index contributed by atoms with van der Waals surface area (Å²) in [6, 6.07) is 8.00. The standard InChI is InChI=1S/C24H24ClF4N5O4S/c1-13(2)39(36,37)20-11-15(26)5-6-17(20)32-21-16(25)12-31-23(34-21)33-18-10-14(4-7-19(18)38-3)8-9-30-22(35)24(27,28)29/h4-7,10-13H,8-9H2,1-3H3,(H,30,35)(H2,31,32,33,34). The maximum Gasteiger partial charge on any atom is 0.471 e. The summed E-state index contributed by atoms with van der Waals surface area (Å²) in [5.74, 6) is -2.38. The third-order valence-electron chi connectivity index (χ3n) is 5.34. The Morgan fingerprint density at radius 1 is 1.10 bits per heavy atom. The van der Waals surface area contributed by atoms with E-state index >= 15 is 0 Å². The molecule has 3 rings (SSSR count). The van der Waals surface area contributed by atoms with Gasteiger partial charge in [0.25, 0.3) is 0 Å². The summed E-state index contributed by atoms with van der Waals surface area (Å²) in [5, 5.41) is 6.76. The van der Waals surface area contributed by atoms with Gasteiger partial charge in [-0.25, -0.2) is 17.8 Å². The van der Waals surface area contributed by atoms with Crippen LogP contribution in [-0.4, -0.2) is 49.4 Å². The summed E-state index contributed by atoms with van der Waals surface area (Å²) in [6.45, 7) is 2.68. The zero-order chi connectivity index (χ0) is 29.0. The van der Waals surface area contributed by atoms with E-state index in [-0.39, 0.29) is 40.3 Å². The topological polar surface area (TPSA) is 122 Å². The maximum atomic E-state index is 13.9. The van der Waals surface area contributed by atoms with Gasteiger partial charge in [0.2, 0.25) is 5.95 Å². The first-order valence-electron chi connectivity index (χ1n) is 11.3. The molecule has 0 fully saturated rings. The van der Waals surface area contributed by atoms with Crippen LogP contribution in [0.2, 0.25) is 5.02 Å². The van der Waals surface area contributed by atoms with Gasteiger partial charge in [-0.05, 0) is 56.2 Å². The van der Waals surface area contributed by atoms with Crippen LogP contribution in [0.3, 0.4) is 0 Å². The molecule has 0 bridgehead atoms. The van der Waals surface area contributed by atoms with Crippen molar-refractivity contribution in [2.24, 2.45) is 0 Å². The van der Waals surface area contributed by atoms with Gasteiger partial charge < -0.3 is 20.7 Å². The molecule has 0 unspecified atom stereocenters.